The molecule has 1 rings (SSSR count). The van der Waals surface area contributed by atoms with Gasteiger partial charge in [-0.25, -0.2) is 0 Å². The van der Waals surface area contributed by atoms with E-state index in [1.165, 1.54) is 0 Å². The van der Waals surface area contributed by atoms with Crippen LogP contribution in [0.5, 0.6) is 0 Å². The molecule has 1 aromatic rings. The number of benzene rings is 1. The highest BCUT2D eigenvalue weighted by molar-refractivity contribution is 8.03. The normalized spacial score (nSPS) is 7.86. The maximum absolute atomic E-state index is 8.45. The number of hydrogen-bond acceptors (Lipinski definition) is 4. The Kier molecular flexibility index (Phi) is 3.44. The van der Waals surface area contributed by atoms with E-state index in [0.717, 1.165) is 16.7 Å². The lowest BCUT2D eigenvalue weighted by Gasteiger charge is -1.99. The van der Waals surface area contributed by atoms with Crippen LogP contribution in [0.4, 0.5) is 5.69 Å². The van der Waals surface area contributed by atoms with E-state index in [9.17, 15) is 0 Å². The van der Waals surface area contributed by atoms with Gasteiger partial charge in [-0.2, -0.15) is 10.5 Å². The summed E-state index contributed by atoms with van der Waals surface area (Å²) in [7, 11) is 0. The van der Waals surface area contributed by atoms with Crippen molar-refractivity contribution in [3.05, 3.63) is 23.8 Å². The molecule has 0 spiro atoms. The first kappa shape index (κ1) is 9.99. The lowest BCUT2D eigenvalue weighted by molar-refractivity contribution is 1.44. The van der Waals surface area contributed by atoms with Gasteiger partial charge in [0.15, 0.2) is 6.07 Å². The molecule has 0 aliphatic carbocycles. The van der Waals surface area contributed by atoms with E-state index in [1.54, 1.807) is 24.3 Å². The summed E-state index contributed by atoms with van der Waals surface area (Å²) in [5.41, 5.74) is 6.71. The molecule has 0 saturated heterocycles. The molecule has 0 fully saturated rings. The maximum Gasteiger partial charge on any atom is 0.152 e. The van der Waals surface area contributed by atoms with E-state index in [2.05, 4.69) is 11.8 Å². The summed E-state index contributed by atoms with van der Waals surface area (Å²) in [6, 6.07) is 6.80. The van der Waals surface area contributed by atoms with Gasteiger partial charge in [-0.15, -0.1) is 0 Å². The van der Waals surface area contributed by atoms with Crippen molar-refractivity contribution in [3.8, 4) is 23.3 Å². The third kappa shape index (κ3) is 2.45. The molecule has 0 radical (unpaired) electrons. The number of hydrogen-bond donors (Lipinski definition) is 1. The number of nitriles is 2. The Morgan fingerprint density at radius 3 is 2.71 bits per heavy atom. The van der Waals surface area contributed by atoms with Crippen LogP contribution in [-0.4, -0.2) is 0 Å². The van der Waals surface area contributed by atoms with Gasteiger partial charge in [-0.3, -0.25) is 0 Å². The van der Waals surface area contributed by atoms with Gasteiger partial charge in [0.1, 0.15) is 5.40 Å². The summed E-state index contributed by atoms with van der Waals surface area (Å²) < 4.78 is 0. The number of thiocyanates is 1. The molecule has 1 aromatic carbocycles. The standard InChI is InChI=1S/C10H5N3S/c11-5-1-2-8-6-9(14-7-12)3-4-10(8)13/h3-4,6H,13H2. The van der Waals surface area contributed by atoms with E-state index in [1.807, 2.05) is 5.40 Å². The van der Waals surface area contributed by atoms with Crippen LogP contribution in [-0.2, 0) is 0 Å². The highest BCUT2D eigenvalue weighted by Crippen LogP contribution is 2.21. The Bertz CT molecular complexity index is 483. The maximum atomic E-state index is 8.45. The molecule has 14 heavy (non-hydrogen) atoms. The van der Waals surface area contributed by atoms with Gasteiger partial charge in [0.2, 0.25) is 0 Å². The zero-order chi connectivity index (χ0) is 10.4. The van der Waals surface area contributed by atoms with Gasteiger partial charge in [0.05, 0.1) is 0 Å². The third-order valence-electron chi connectivity index (χ3n) is 1.44. The first-order valence-electron chi connectivity index (χ1n) is 3.63. The Hall–Kier alpha value is -2.09. The number of nitrogens with zero attached hydrogens (tertiary/aromatic N) is 2. The average Bonchev–Trinajstić information content (AvgIpc) is 2.19. The second-order valence-corrected chi connectivity index (χ2v) is 3.16. The fraction of sp³-hybridized carbons (Fsp3) is 0. The Labute approximate surface area is 86.1 Å². The largest absolute Gasteiger partial charge is 0.398 e. The third-order valence-corrected chi connectivity index (χ3v) is 2.02. The second kappa shape index (κ2) is 4.82. The molecule has 0 aromatic heterocycles. The summed E-state index contributed by atoms with van der Waals surface area (Å²) in [5.74, 6) is 4.86. The van der Waals surface area contributed by atoms with E-state index >= 15 is 0 Å². The van der Waals surface area contributed by atoms with Crippen LogP contribution < -0.4 is 5.73 Å². The van der Waals surface area contributed by atoms with E-state index < -0.39 is 0 Å². The summed E-state index contributed by atoms with van der Waals surface area (Å²) in [5, 5.41) is 18.7. The molecule has 0 bridgehead atoms. The molecule has 0 atom stereocenters. The molecular formula is C10H5N3S. The van der Waals surface area contributed by atoms with Crippen LogP contribution in [0.1, 0.15) is 5.56 Å². The predicted octanol–water partition coefficient (Wildman–Crippen LogP) is 1.72. The average molecular weight is 199 g/mol. The zero-order valence-corrected chi connectivity index (χ0v) is 7.93. The minimum absolute atomic E-state index is 0.509. The van der Waals surface area contributed by atoms with Gasteiger partial charge in [-0.05, 0) is 35.9 Å². The molecule has 0 unspecified atom stereocenters. The first-order valence-corrected chi connectivity index (χ1v) is 4.45. The van der Waals surface area contributed by atoms with E-state index in [-0.39, 0.29) is 0 Å². The van der Waals surface area contributed by atoms with Crippen LogP contribution in [0.25, 0.3) is 0 Å². The second-order valence-electron chi connectivity index (χ2n) is 2.30. The van der Waals surface area contributed by atoms with Crippen LogP contribution in [0.15, 0.2) is 23.1 Å². The van der Waals surface area contributed by atoms with Crippen LogP contribution in [0, 0.1) is 33.8 Å². The highest BCUT2D eigenvalue weighted by atomic mass is 32.2. The Balaban J connectivity index is 3.11. The minimum Gasteiger partial charge on any atom is -0.398 e. The van der Waals surface area contributed by atoms with Crippen molar-refractivity contribution in [1.29, 1.82) is 10.5 Å². The van der Waals surface area contributed by atoms with E-state index in [0.29, 0.717) is 11.3 Å². The van der Waals surface area contributed by atoms with E-state index in [4.69, 9.17) is 16.3 Å². The molecule has 2 N–H and O–H groups in total. The molecule has 0 aliphatic rings. The van der Waals surface area contributed by atoms with Gasteiger partial charge in [0.25, 0.3) is 0 Å². The number of nitrogen functional groups attached to an aromatic ring is 1. The lowest BCUT2D eigenvalue weighted by atomic mass is 10.2. The molecule has 0 aliphatic heterocycles. The summed E-state index contributed by atoms with van der Waals surface area (Å²) in [6.07, 6.45) is 0. The fourth-order valence-corrected chi connectivity index (χ4v) is 1.27. The van der Waals surface area contributed by atoms with Crippen molar-refractivity contribution < 1.29 is 0 Å². The first-order chi connectivity index (χ1) is 6.77. The van der Waals surface area contributed by atoms with Crippen LogP contribution >= 0.6 is 11.8 Å². The lowest BCUT2D eigenvalue weighted by Crippen LogP contribution is -1.89. The van der Waals surface area contributed by atoms with Gasteiger partial charge in [-0.1, -0.05) is 0 Å². The molecule has 0 amide bonds. The summed E-state index contributed by atoms with van der Waals surface area (Å²) in [4.78, 5) is 0.768. The molecule has 0 saturated carbocycles. The molecule has 0 heterocycles. The fourth-order valence-electron chi connectivity index (χ4n) is 0.855. The van der Waals surface area contributed by atoms with Crippen molar-refractivity contribution in [3.63, 3.8) is 0 Å². The molecule has 4 heteroatoms. The van der Waals surface area contributed by atoms with Crippen LogP contribution in [0.3, 0.4) is 0 Å². The van der Waals surface area contributed by atoms with Gasteiger partial charge in [0, 0.05) is 22.1 Å². The summed E-state index contributed by atoms with van der Waals surface area (Å²) >= 11 is 1.03. The number of anilines is 1. The van der Waals surface area contributed by atoms with Gasteiger partial charge >= 0.3 is 0 Å². The Morgan fingerprint density at radius 1 is 1.29 bits per heavy atom. The number of thioether (sulfide) groups is 1. The summed E-state index contributed by atoms with van der Waals surface area (Å²) in [6.45, 7) is 0. The smallest absolute Gasteiger partial charge is 0.152 e. The molecule has 3 nitrogen and oxygen atoms in total. The number of nitrogens with two attached hydrogens (primary N) is 1. The van der Waals surface area contributed by atoms with Crippen molar-refractivity contribution >= 4 is 17.4 Å². The highest BCUT2D eigenvalue weighted by Gasteiger charge is 1.98. The molecule has 66 valence electrons. The minimum atomic E-state index is 0.509. The van der Waals surface area contributed by atoms with Crippen molar-refractivity contribution in [2.75, 3.05) is 5.73 Å². The zero-order valence-electron chi connectivity index (χ0n) is 7.11. The van der Waals surface area contributed by atoms with Crippen molar-refractivity contribution in [1.82, 2.24) is 0 Å². The molecular weight excluding hydrogens is 194 g/mol. The quantitative estimate of drug-likeness (QED) is 0.323. The Morgan fingerprint density at radius 2 is 2.07 bits per heavy atom. The SMILES string of the molecule is N#CC#Cc1cc(SC#N)ccc1N. The van der Waals surface area contributed by atoms with Crippen molar-refractivity contribution in [2.24, 2.45) is 0 Å². The number of rotatable bonds is 1. The van der Waals surface area contributed by atoms with Gasteiger partial charge < -0.3 is 5.73 Å². The van der Waals surface area contributed by atoms with Crippen LogP contribution in [0.2, 0.25) is 0 Å². The predicted molar refractivity (Wildman–Crippen MR) is 54.8 cm³/mol. The van der Waals surface area contributed by atoms with Crippen molar-refractivity contribution in [2.45, 2.75) is 4.90 Å². The monoisotopic (exact) mass is 199 g/mol. The topological polar surface area (TPSA) is 73.6 Å².